The van der Waals surface area contributed by atoms with E-state index in [0.29, 0.717) is 21.8 Å². The number of nitrogens with zero attached hydrogens (tertiary/aromatic N) is 2. The van der Waals surface area contributed by atoms with E-state index < -0.39 is 33.6 Å². The summed E-state index contributed by atoms with van der Waals surface area (Å²) in [6, 6.07) is 6.38. The Morgan fingerprint density at radius 1 is 1.25 bits per heavy atom. The Labute approximate surface area is 189 Å². The van der Waals surface area contributed by atoms with Crippen LogP contribution in [0.25, 0.3) is 0 Å². The first kappa shape index (κ1) is 22.5. The molecule has 0 saturated heterocycles. The zero-order chi connectivity index (χ0) is 23.2. The third kappa shape index (κ3) is 3.82. The number of fused-ring (bicyclic) bond motifs is 1. The van der Waals surface area contributed by atoms with Gasteiger partial charge in [-0.3, -0.25) is 0 Å². The number of sulfonamides is 1. The summed E-state index contributed by atoms with van der Waals surface area (Å²) >= 11 is 6.05. The molecule has 2 heterocycles. The lowest BCUT2D eigenvalue weighted by Crippen LogP contribution is -2.39. The molecule has 11 heteroatoms. The van der Waals surface area contributed by atoms with Gasteiger partial charge in [0.1, 0.15) is 16.8 Å². The van der Waals surface area contributed by atoms with Crippen LogP contribution in [0, 0.1) is 19.7 Å². The Balaban J connectivity index is 1.91. The lowest BCUT2D eigenvalue weighted by Gasteiger charge is -2.32. The number of aryl methyl sites for hydroxylation is 1. The zero-order valence-corrected chi connectivity index (χ0v) is 19.2. The summed E-state index contributed by atoms with van der Waals surface area (Å²) < 4.78 is 48.8. The molecule has 8 nitrogen and oxygen atoms in total. The maximum Gasteiger partial charge on any atom is 0.434 e. The van der Waals surface area contributed by atoms with E-state index in [4.69, 9.17) is 16.0 Å². The number of halogens is 2. The average molecular weight is 481 g/mol. The molecule has 0 spiro atoms. The summed E-state index contributed by atoms with van der Waals surface area (Å²) in [5.41, 5.74) is 2.26. The van der Waals surface area contributed by atoms with Crippen molar-refractivity contribution in [1.29, 1.82) is 0 Å². The van der Waals surface area contributed by atoms with Crippen molar-refractivity contribution in [3.63, 3.8) is 0 Å². The van der Waals surface area contributed by atoms with Crippen molar-refractivity contribution in [2.45, 2.75) is 37.6 Å². The van der Waals surface area contributed by atoms with Gasteiger partial charge in [-0.25, -0.2) is 22.7 Å². The quantitative estimate of drug-likeness (QED) is 0.589. The number of benzene rings is 2. The molecule has 3 aromatic rings. The Morgan fingerprint density at radius 3 is 2.69 bits per heavy atom. The Morgan fingerprint density at radius 2 is 2.00 bits per heavy atom. The first-order valence-corrected chi connectivity index (χ1v) is 11.8. The van der Waals surface area contributed by atoms with Gasteiger partial charge in [-0.05, 0) is 54.8 Å². The molecule has 2 unspecified atom stereocenters. The van der Waals surface area contributed by atoms with Crippen molar-refractivity contribution in [3.8, 4) is 0 Å². The summed E-state index contributed by atoms with van der Waals surface area (Å²) in [4.78, 5) is 11.8. The maximum absolute atomic E-state index is 15.0. The molecule has 2 atom stereocenters. The van der Waals surface area contributed by atoms with Crippen molar-refractivity contribution in [3.05, 3.63) is 74.3 Å². The Bertz CT molecular complexity index is 1340. The molecule has 170 valence electrons. The summed E-state index contributed by atoms with van der Waals surface area (Å²) in [6.45, 7) is 5.62. The molecule has 1 aliphatic rings. The molecule has 1 aliphatic heterocycles. The van der Waals surface area contributed by atoms with Gasteiger partial charge in [-0.2, -0.15) is 4.31 Å². The van der Waals surface area contributed by atoms with E-state index in [1.165, 1.54) is 28.6 Å². The molecule has 0 saturated carbocycles. The lowest BCUT2D eigenvalue weighted by molar-refractivity contribution is 0.246. The normalized spacial score (nSPS) is 17.8. The third-order valence-corrected chi connectivity index (χ3v) is 8.03. The minimum Gasteiger partial charge on any atom is -0.391 e. The zero-order valence-electron chi connectivity index (χ0n) is 17.6. The van der Waals surface area contributed by atoms with Crippen LogP contribution in [0.3, 0.4) is 0 Å². The third-order valence-electron chi connectivity index (χ3n) is 5.86. The Hall–Kier alpha value is -2.69. The van der Waals surface area contributed by atoms with E-state index in [9.17, 15) is 17.6 Å². The van der Waals surface area contributed by atoms with Crippen LogP contribution in [0.2, 0.25) is 5.02 Å². The van der Waals surface area contributed by atoms with Gasteiger partial charge in [0.25, 0.3) is 0 Å². The van der Waals surface area contributed by atoms with E-state index in [2.05, 4.69) is 15.5 Å². The number of H-pyrrole nitrogens is 1. The minimum absolute atomic E-state index is 0.0240. The molecule has 0 fully saturated rings. The van der Waals surface area contributed by atoms with Crippen LogP contribution < -0.4 is 11.1 Å². The van der Waals surface area contributed by atoms with Crippen LogP contribution in [0.15, 0.2) is 44.4 Å². The fraction of sp³-hybridized carbons (Fsp3) is 0.333. The molecular formula is C21H22ClFN4O4S. The number of rotatable bonds is 4. The fourth-order valence-corrected chi connectivity index (χ4v) is 6.15. The number of nitrogens with one attached hydrogen (secondary N) is 2. The predicted molar refractivity (Wildman–Crippen MR) is 118 cm³/mol. The van der Waals surface area contributed by atoms with Gasteiger partial charge in [-0.1, -0.05) is 24.6 Å². The van der Waals surface area contributed by atoms with Gasteiger partial charge in [0.2, 0.25) is 15.9 Å². The van der Waals surface area contributed by atoms with E-state index in [1.807, 2.05) is 6.92 Å². The number of hydrogen-bond donors (Lipinski definition) is 2. The summed E-state index contributed by atoms with van der Waals surface area (Å²) in [5.74, 6) is -2.15. The molecule has 0 amide bonds. The largest absolute Gasteiger partial charge is 0.434 e. The van der Waals surface area contributed by atoms with Gasteiger partial charge in [0.05, 0.1) is 5.69 Å². The molecule has 0 aliphatic carbocycles. The first-order valence-electron chi connectivity index (χ1n) is 9.97. The second kappa shape index (κ2) is 8.34. The van der Waals surface area contributed by atoms with E-state index >= 15 is 0 Å². The van der Waals surface area contributed by atoms with E-state index in [1.54, 1.807) is 19.9 Å². The van der Waals surface area contributed by atoms with Crippen molar-refractivity contribution < 1.29 is 17.2 Å². The Kier molecular flexibility index (Phi) is 5.87. The van der Waals surface area contributed by atoms with Crippen molar-refractivity contribution in [2.24, 2.45) is 0 Å². The van der Waals surface area contributed by atoms with Gasteiger partial charge in [-0.15, -0.1) is 5.10 Å². The second-order valence-electron chi connectivity index (χ2n) is 7.77. The monoisotopic (exact) mass is 480 g/mol. The first-order chi connectivity index (χ1) is 15.1. The molecule has 2 N–H and O–H groups in total. The number of aromatic amines is 1. The molecule has 0 bridgehead atoms. The second-order valence-corrected chi connectivity index (χ2v) is 10.1. The van der Waals surface area contributed by atoms with Gasteiger partial charge in [0, 0.05) is 24.0 Å². The highest BCUT2D eigenvalue weighted by Crippen LogP contribution is 2.42. The van der Waals surface area contributed by atoms with Crippen LogP contribution in [-0.4, -0.2) is 36.0 Å². The summed E-state index contributed by atoms with van der Waals surface area (Å²) in [5, 5.41) is 9.56. The van der Waals surface area contributed by atoms with Crippen molar-refractivity contribution >= 4 is 27.3 Å². The smallest absolute Gasteiger partial charge is 0.391 e. The molecular weight excluding hydrogens is 459 g/mol. The van der Waals surface area contributed by atoms with Gasteiger partial charge < -0.3 is 9.73 Å². The highest BCUT2D eigenvalue weighted by atomic mass is 35.5. The topological polar surface area (TPSA) is 108 Å². The number of hydrogen-bond acceptors (Lipinski definition) is 6. The predicted octanol–water partition coefficient (Wildman–Crippen LogP) is 3.73. The van der Waals surface area contributed by atoms with E-state index in [-0.39, 0.29) is 23.9 Å². The lowest BCUT2D eigenvalue weighted by atomic mass is 9.87. The van der Waals surface area contributed by atoms with Crippen molar-refractivity contribution in [1.82, 2.24) is 14.5 Å². The van der Waals surface area contributed by atoms with Crippen LogP contribution in [0.5, 0.6) is 0 Å². The summed E-state index contributed by atoms with van der Waals surface area (Å²) in [7, 11) is -4.09. The molecule has 2 aromatic carbocycles. The molecule has 0 radical (unpaired) electrons. The molecule has 1 aromatic heterocycles. The maximum atomic E-state index is 15.0. The van der Waals surface area contributed by atoms with Gasteiger partial charge >= 0.3 is 5.76 Å². The van der Waals surface area contributed by atoms with Crippen LogP contribution >= 0.6 is 11.6 Å². The van der Waals surface area contributed by atoms with Crippen LogP contribution in [-0.2, 0) is 10.0 Å². The molecule has 4 rings (SSSR count). The van der Waals surface area contributed by atoms with Crippen LogP contribution in [0.1, 0.15) is 41.5 Å². The number of aromatic nitrogens is 2. The average Bonchev–Trinajstić information content (AvgIpc) is 3.10. The van der Waals surface area contributed by atoms with Gasteiger partial charge in [0.15, 0.2) is 0 Å². The minimum atomic E-state index is -4.09. The van der Waals surface area contributed by atoms with Crippen LogP contribution in [0.4, 0.5) is 10.1 Å². The standard InChI is InChI=1S/C21H22ClFN4O4S/c1-11-4-6-15(23)18(12(11)2)13(3)19(20-25-26-21(28)31-20)27-9-8-24-16-10-14(22)5-7-17(16)32(27,29)30/h4-7,10,13,19,24H,8-9H2,1-3H3,(H,26,28). The van der Waals surface area contributed by atoms with Crippen molar-refractivity contribution in [2.75, 3.05) is 18.4 Å². The number of anilines is 1. The molecule has 32 heavy (non-hydrogen) atoms. The SMILES string of the molecule is Cc1ccc(F)c(C(C)C(c2n[nH]c(=O)o2)N2CCNc3cc(Cl)ccc3S2(=O)=O)c1C. The summed E-state index contributed by atoms with van der Waals surface area (Å²) in [6.07, 6.45) is 0. The highest BCUT2D eigenvalue weighted by Gasteiger charge is 2.42. The highest BCUT2D eigenvalue weighted by molar-refractivity contribution is 7.89. The fourth-order valence-electron chi connectivity index (χ4n) is 4.18. The van der Waals surface area contributed by atoms with E-state index in [0.717, 1.165) is 5.56 Å².